The fourth-order valence-corrected chi connectivity index (χ4v) is 5.25. The van der Waals surface area contributed by atoms with E-state index in [-0.39, 0.29) is 37.1 Å². The molecule has 2 aliphatic carbocycles. The number of rotatable bonds is 8. The van der Waals surface area contributed by atoms with Crippen LogP contribution in [-0.4, -0.2) is 57.7 Å². The summed E-state index contributed by atoms with van der Waals surface area (Å²) in [6.45, 7) is 3.53. The van der Waals surface area contributed by atoms with Gasteiger partial charge in [-0.1, -0.05) is 17.7 Å². The van der Waals surface area contributed by atoms with Crippen LogP contribution >= 0.6 is 0 Å². The predicted molar refractivity (Wildman–Crippen MR) is 124 cm³/mol. The Bertz CT molecular complexity index is 1050. The predicted octanol–water partition coefficient (Wildman–Crippen LogP) is 4.30. The molecule has 1 heterocycles. The Morgan fingerprint density at radius 2 is 1.88 bits per heavy atom. The number of aliphatic carboxylic acids is 1. The largest absolute Gasteiger partial charge is 0.481 e. The first-order valence-corrected chi connectivity index (χ1v) is 11.8. The number of imide groups is 1. The minimum atomic E-state index is -1.03. The Hall–Kier alpha value is -2.96. The maximum Gasteiger partial charge on any atom is 0.327 e. The molecular weight excluding hydrogens is 420 g/mol. The molecule has 1 fully saturated rings. The number of carboxylic acids is 1. The second kappa shape index (κ2) is 8.76. The molecule has 3 aliphatic rings. The van der Waals surface area contributed by atoms with Crippen LogP contribution in [-0.2, 0) is 16.0 Å². The maximum atomic E-state index is 12.9. The summed E-state index contributed by atoms with van der Waals surface area (Å²) in [4.78, 5) is 52.2. The summed E-state index contributed by atoms with van der Waals surface area (Å²) in [5.41, 5.74) is 5.03. The van der Waals surface area contributed by atoms with Crippen LogP contribution in [0.2, 0.25) is 0 Å². The number of nitrogens with zero attached hydrogens (tertiary/aromatic N) is 2. The summed E-state index contributed by atoms with van der Waals surface area (Å²) in [5.74, 6) is -2.34. The third-order valence-corrected chi connectivity index (χ3v) is 7.58. The van der Waals surface area contributed by atoms with E-state index in [9.17, 15) is 24.3 Å². The van der Waals surface area contributed by atoms with Crippen LogP contribution in [0.5, 0.6) is 0 Å². The van der Waals surface area contributed by atoms with Crippen LogP contribution in [0.3, 0.4) is 0 Å². The molecule has 7 heteroatoms. The van der Waals surface area contributed by atoms with Gasteiger partial charge in [-0.05, 0) is 81.6 Å². The van der Waals surface area contributed by atoms with Gasteiger partial charge in [0, 0.05) is 25.6 Å². The SMILES string of the molecule is CN1C(=O)N(CCCC(CC(=O)c2ccc3c(c2)CC2=C3CCCC2)C(=O)O)C(=O)C1(C)C. The highest BCUT2D eigenvalue weighted by Crippen LogP contribution is 2.41. The van der Waals surface area contributed by atoms with Gasteiger partial charge >= 0.3 is 12.0 Å². The average Bonchev–Trinajstić information content (AvgIpc) is 3.22. The smallest absolute Gasteiger partial charge is 0.327 e. The maximum absolute atomic E-state index is 12.9. The van der Waals surface area contributed by atoms with E-state index in [1.807, 2.05) is 18.2 Å². The Labute approximate surface area is 194 Å². The van der Waals surface area contributed by atoms with Crippen molar-refractivity contribution >= 4 is 29.3 Å². The first-order chi connectivity index (χ1) is 15.6. The standard InChI is InChI=1S/C26H32N2O5/c1-26(2)24(32)28(25(33)27(26)3)12-6-8-18(23(30)31)15-22(29)17-10-11-21-19(14-17)13-16-7-4-5-9-20(16)21/h10-11,14,18H,4-9,12-13,15H2,1-3H3,(H,30,31). The van der Waals surface area contributed by atoms with Crippen molar-refractivity contribution in [2.45, 2.75) is 70.8 Å². The zero-order valence-corrected chi connectivity index (χ0v) is 19.6. The number of hydrogen-bond donors (Lipinski definition) is 1. The summed E-state index contributed by atoms with van der Waals surface area (Å²) in [7, 11) is 1.58. The lowest BCUT2D eigenvalue weighted by atomic mass is 9.91. The van der Waals surface area contributed by atoms with E-state index in [4.69, 9.17) is 0 Å². The molecule has 3 amide bonds. The fraction of sp³-hybridized carbons (Fsp3) is 0.538. The Kier molecular flexibility index (Phi) is 6.16. The number of Topliss-reactive ketones (excluding diaryl/α,β-unsaturated/α-hetero) is 1. The number of ketones is 1. The van der Waals surface area contributed by atoms with Gasteiger partial charge in [0.15, 0.2) is 5.78 Å². The minimum Gasteiger partial charge on any atom is -0.481 e. The van der Waals surface area contributed by atoms with Crippen molar-refractivity contribution in [1.82, 2.24) is 9.80 Å². The van der Waals surface area contributed by atoms with Gasteiger partial charge in [0.1, 0.15) is 5.54 Å². The van der Waals surface area contributed by atoms with Crippen molar-refractivity contribution in [3.8, 4) is 0 Å². The second-order valence-electron chi connectivity index (χ2n) is 10.0. The van der Waals surface area contributed by atoms with E-state index in [0.29, 0.717) is 12.0 Å². The first kappa shape index (κ1) is 23.2. The third kappa shape index (κ3) is 4.21. The van der Waals surface area contributed by atoms with E-state index >= 15 is 0 Å². The number of allylic oxidation sites excluding steroid dienone is 2. The molecule has 0 aromatic heterocycles. The van der Waals surface area contributed by atoms with Crippen LogP contribution in [0, 0.1) is 5.92 Å². The lowest BCUT2D eigenvalue weighted by molar-refractivity contribution is -0.141. The van der Waals surface area contributed by atoms with Crippen molar-refractivity contribution < 1.29 is 24.3 Å². The van der Waals surface area contributed by atoms with Gasteiger partial charge in [-0.2, -0.15) is 0 Å². The van der Waals surface area contributed by atoms with Crippen LogP contribution < -0.4 is 0 Å². The van der Waals surface area contributed by atoms with Gasteiger partial charge in [-0.15, -0.1) is 0 Å². The van der Waals surface area contributed by atoms with E-state index in [2.05, 4.69) is 0 Å². The molecule has 1 aliphatic heterocycles. The summed E-state index contributed by atoms with van der Waals surface area (Å²) < 4.78 is 0. The molecular formula is C26H32N2O5. The van der Waals surface area contributed by atoms with Crippen molar-refractivity contribution in [3.05, 3.63) is 40.5 Å². The Balaban J connectivity index is 1.36. The summed E-state index contributed by atoms with van der Waals surface area (Å²) in [5, 5.41) is 9.67. The van der Waals surface area contributed by atoms with Crippen LogP contribution in [0.1, 0.15) is 80.3 Å². The first-order valence-electron chi connectivity index (χ1n) is 11.8. The lowest BCUT2D eigenvalue weighted by Crippen LogP contribution is -2.41. The van der Waals surface area contributed by atoms with Gasteiger partial charge in [0.2, 0.25) is 0 Å². The number of urea groups is 1. The number of carbonyl (C=O) groups excluding carboxylic acids is 3. The summed E-state index contributed by atoms with van der Waals surface area (Å²) >= 11 is 0. The van der Waals surface area contributed by atoms with Gasteiger partial charge in [-0.25, -0.2) is 4.79 Å². The zero-order valence-electron chi connectivity index (χ0n) is 19.6. The highest BCUT2D eigenvalue weighted by Gasteiger charge is 2.48. The van der Waals surface area contributed by atoms with E-state index in [1.165, 1.54) is 44.9 Å². The number of carboxylic acid groups (broad SMARTS) is 1. The lowest BCUT2D eigenvalue weighted by Gasteiger charge is -2.22. The number of hydrogen-bond acceptors (Lipinski definition) is 4. The Morgan fingerprint density at radius 1 is 1.15 bits per heavy atom. The molecule has 0 saturated carbocycles. The Morgan fingerprint density at radius 3 is 2.55 bits per heavy atom. The number of likely N-dealkylation sites (N-methyl/N-ethyl adjacent to an activating group) is 1. The van der Waals surface area contributed by atoms with Crippen LogP contribution in [0.4, 0.5) is 4.79 Å². The molecule has 1 aromatic rings. The van der Waals surface area contributed by atoms with Crippen molar-refractivity contribution in [3.63, 3.8) is 0 Å². The number of benzene rings is 1. The van der Waals surface area contributed by atoms with Crippen LogP contribution in [0.15, 0.2) is 23.8 Å². The molecule has 0 radical (unpaired) electrons. The quantitative estimate of drug-likeness (QED) is 0.469. The zero-order chi connectivity index (χ0) is 23.9. The third-order valence-electron chi connectivity index (χ3n) is 7.58. The molecule has 0 bridgehead atoms. The second-order valence-corrected chi connectivity index (χ2v) is 10.0. The molecule has 33 heavy (non-hydrogen) atoms. The van der Waals surface area contributed by atoms with E-state index in [1.54, 1.807) is 20.9 Å². The van der Waals surface area contributed by atoms with E-state index < -0.39 is 17.4 Å². The number of fused-ring (bicyclic) bond motifs is 2. The molecule has 1 N–H and O–H groups in total. The van der Waals surface area contributed by atoms with Gasteiger partial charge in [0.25, 0.3) is 5.91 Å². The number of amides is 3. The molecule has 1 saturated heterocycles. The van der Waals surface area contributed by atoms with Crippen molar-refractivity contribution in [2.24, 2.45) is 5.92 Å². The van der Waals surface area contributed by atoms with Crippen LogP contribution in [0.25, 0.3) is 5.57 Å². The normalized spacial score (nSPS) is 20.2. The minimum absolute atomic E-state index is 0.0887. The summed E-state index contributed by atoms with van der Waals surface area (Å²) in [6.07, 6.45) is 6.04. The van der Waals surface area contributed by atoms with Gasteiger partial charge < -0.3 is 10.0 Å². The van der Waals surface area contributed by atoms with Gasteiger partial charge in [-0.3, -0.25) is 19.3 Å². The number of carbonyl (C=O) groups is 4. The average molecular weight is 453 g/mol. The summed E-state index contributed by atoms with van der Waals surface area (Å²) in [6, 6.07) is 5.41. The molecule has 176 valence electrons. The monoisotopic (exact) mass is 452 g/mol. The van der Waals surface area contributed by atoms with Crippen molar-refractivity contribution in [1.29, 1.82) is 0 Å². The molecule has 4 rings (SSSR count). The highest BCUT2D eigenvalue weighted by molar-refractivity contribution is 6.06. The molecule has 0 spiro atoms. The highest BCUT2D eigenvalue weighted by atomic mass is 16.4. The molecule has 1 aromatic carbocycles. The topological polar surface area (TPSA) is 95.0 Å². The molecule has 7 nitrogen and oxygen atoms in total. The molecule has 1 unspecified atom stereocenters. The molecule has 1 atom stereocenters. The van der Waals surface area contributed by atoms with E-state index in [0.717, 1.165) is 19.3 Å². The van der Waals surface area contributed by atoms with Crippen molar-refractivity contribution in [2.75, 3.05) is 13.6 Å². The fourth-order valence-electron chi connectivity index (χ4n) is 5.25. The van der Waals surface area contributed by atoms with Gasteiger partial charge in [0.05, 0.1) is 5.92 Å².